The van der Waals surface area contributed by atoms with Crippen LogP contribution in [0.25, 0.3) is 6.08 Å². The van der Waals surface area contributed by atoms with Gasteiger partial charge in [-0.05, 0) is 43.5 Å². The number of anilines is 1. The normalized spacial score (nSPS) is 14.5. The number of nitrogens with zero attached hydrogens (tertiary/aromatic N) is 2. The average Bonchev–Trinajstić information content (AvgIpc) is 3.38. The maximum absolute atomic E-state index is 12.1. The molecule has 1 fully saturated rings. The highest BCUT2D eigenvalue weighted by atomic mass is 32.2. The van der Waals surface area contributed by atoms with E-state index in [9.17, 15) is 9.59 Å². The zero-order chi connectivity index (χ0) is 19.8. The van der Waals surface area contributed by atoms with E-state index in [1.165, 1.54) is 30.7 Å². The standard InChI is InChI=1S/C20H24N4O3S/c1-2-27-18(26)12-9-14-7-10-16(11-8-14)21-17(25)13-28-20-22-19(23-24-20)15-5-3-4-6-15/h7-12,15H,2-6,13H2,1H3,(H,21,25)(H,22,23,24)/b12-9+. The van der Waals surface area contributed by atoms with E-state index in [0.717, 1.165) is 24.2 Å². The molecule has 1 aliphatic rings. The molecule has 0 bridgehead atoms. The van der Waals surface area contributed by atoms with Crippen LogP contribution in [0.2, 0.25) is 0 Å². The van der Waals surface area contributed by atoms with Crippen molar-refractivity contribution in [3.8, 4) is 0 Å². The van der Waals surface area contributed by atoms with Gasteiger partial charge >= 0.3 is 5.97 Å². The van der Waals surface area contributed by atoms with E-state index < -0.39 is 0 Å². The Morgan fingerprint density at radius 3 is 2.75 bits per heavy atom. The Kier molecular flexibility index (Phi) is 7.25. The van der Waals surface area contributed by atoms with Gasteiger partial charge in [-0.15, -0.1) is 5.10 Å². The highest BCUT2D eigenvalue weighted by molar-refractivity contribution is 7.99. The number of thioether (sulfide) groups is 1. The minimum absolute atomic E-state index is 0.118. The maximum Gasteiger partial charge on any atom is 0.330 e. The number of amides is 1. The lowest BCUT2D eigenvalue weighted by atomic mass is 10.1. The Hall–Kier alpha value is -2.61. The van der Waals surface area contributed by atoms with Crippen LogP contribution >= 0.6 is 11.8 Å². The molecule has 0 saturated heterocycles. The Morgan fingerprint density at radius 2 is 2.04 bits per heavy atom. The van der Waals surface area contributed by atoms with Crippen LogP contribution < -0.4 is 5.32 Å². The lowest BCUT2D eigenvalue weighted by Gasteiger charge is -2.04. The lowest BCUT2D eigenvalue weighted by Crippen LogP contribution is -2.14. The molecule has 148 valence electrons. The first kappa shape index (κ1) is 20.1. The topological polar surface area (TPSA) is 97.0 Å². The van der Waals surface area contributed by atoms with Crippen molar-refractivity contribution < 1.29 is 14.3 Å². The van der Waals surface area contributed by atoms with Gasteiger partial charge in [-0.2, -0.15) is 0 Å². The number of hydrogen-bond acceptors (Lipinski definition) is 6. The van der Waals surface area contributed by atoms with Crippen molar-refractivity contribution in [2.24, 2.45) is 0 Å². The van der Waals surface area contributed by atoms with Crippen molar-refractivity contribution in [2.45, 2.75) is 43.7 Å². The number of nitrogens with one attached hydrogen (secondary N) is 2. The quantitative estimate of drug-likeness (QED) is 0.398. The highest BCUT2D eigenvalue weighted by Gasteiger charge is 2.20. The van der Waals surface area contributed by atoms with Crippen molar-refractivity contribution in [3.63, 3.8) is 0 Å². The first-order valence-electron chi connectivity index (χ1n) is 9.44. The number of carbonyl (C=O) groups excluding carboxylic acids is 2. The first-order valence-corrected chi connectivity index (χ1v) is 10.4. The molecule has 7 nitrogen and oxygen atoms in total. The summed E-state index contributed by atoms with van der Waals surface area (Å²) in [7, 11) is 0. The highest BCUT2D eigenvalue weighted by Crippen LogP contribution is 2.32. The first-order chi connectivity index (χ1) is 13.6. The van der Waals surface area contributed by atoms with E-state index in [2.05, 4.69) is 20.5 Å². The van der Waals surface area contributed by atoms with Gasteiger partial charge in [0.25, 0.3) is 0 Å². The van der Waals surface area contributed by atoms with Crippen LogP contribution in [0.3, 0.4) is 0 Å². The fourth-order valence-corrected chi connectivity index (χ4v) is 3.67. The van der Waals surface area contributed by atoms with Crippen molar-refractivity contribution in [1.29, 1.82) is 0 Å². The summed E-state index contributed by atoms with van der Waals surface area (Å²) in [5.41, 5.74) is 1.54. The van der Waals surface area contributed by atoms with E-state index in [0.29, 0.717) is 23.4 Å². The van der Waals surface area contributed by atoms with Gasteiger partial charge < -0.3 is 10.1 Å². The van der Waals surface area contributed by atoms with Gasteiger partial charge in [0.05, 0.1) is 12.4 Å². The van der Waals surface area contributed by atoms with E-state index in [1.54, 1.807) is 25.1 Å². The zero-order valence-corrected chi connectivity index (χ0v) is 16.6. The third-order valence-electron chi connectivity index (χ3n) is 4.45. The van der Waals surface area contributed by atoms with E-state index in [-0.39, 0.29) is 17.6 Å². The second-order valence-corrected chi connectivity index (χ2v) is 7.47. The molecule has 0 unspecified atom stereocenters. The smallest absolute Gasteiger partial charge is 0.330 e. The summed E-state index contributed by atoms with van der Waals surface area (Å²) in [6.45, 7) is 2.11. The molecule has 0 spiro atoms. The molecule has 1 heterocycles. The van der Waals surface area contributed by atoms with Gasteiger partial charge in [-0.25, -0.2) is 9.78 Å². The molecule has 28 heavy (non-hydrogen) atoms. The van der Waals surface area contributed by atoms with Crippen molar-refractivity contribution in [2.75, 3.05) is 17.7 Å². The second-order valence-electron chi connectivity index (χ2n) is 6.53. The number of hydrogen-bond donors (Lipinski definition) is 2. The van der Waals surface area contributed by atoms with Gasteiger partial charge in [-0.3, -0.25) is 9.89 Å². The fraction of sp³-hybridized carbons (Fsp3) is 0.400. The molecule has 2 aromatic rings. The molecule has 1 aliphatic carbocycles. The van der Waals surface area contributed by atoms with E-state index in [4.69, 9.17) is 4.74 Å². The molecule has 1 aromatic carbocycles. The Bertz CT molecular complexity index is 826. The summed E-state index contributed by atoms with van der Waals surface area (Å²) >= 11 is 1.32. The SMILES string of the molecule is CCOC(=O)/C=C/c1ccc(NC(=O)CSc2n[nH]c(C3CCCC3)n2)cc1. The number of carbonyl (C=O) groups is 2. The van der Waals surface area contributed by atoms with Crippen LogP contribution in [0.1, 0.15) is 49.9 Å². The van der Waals surface area contributed by atoms with Crippen LogP contribution in [-0.4, -0.2) is 39.4 Å². The van der Waals surface area contributed by atoms with Gasteiger partial charge in [0.2, 0.25) is 11.1 Å². The van der Waals surface area contributed by atoms with E-state index >= 15 is 0 Å². The summed E-state index contributed by atoms with van der Waals surface area (Å²) in [5, 5.41) is 10.7. The van der Waals surface area contributed by atoms with Crippen LogP contribution in [0.15, 0.2) is 35.5 Å². The van der Waals surface area contributed by atoms with Gasteiger partial charge in [0, 0.05) is 17.7 Å². The summed E-state index contributed by atoms with van der Waals surface area (Å²) in [6, 6.07) is 7.22. The number of benzene rings is 1. The molecule has 0 radical (unpaired) electrons. The summed E-state index contributed by atoms with van der Waals surface area (Å²) in [5.74, 6) is 1.16. The van der Waals surface area contributed by atoms with Gasteiger partial charge in [0.1, 0.15) is 5.82 Å². The number of aromatic nitrogens is 3. The molecule has 3 rings (SSSR count). The molecule has 0 aliphatic heterocycles. The van der Waals surface area contributed by atoms with Crippen molar-refractivity contribution in [3.05, 3.63) is 41.7 Å². The molecule has 1 aromatic heterocycles. The van der Waals surface area contributed by atoms with Gasteiger partial charge in [-0.1, -0.05) is 36.7 Å². The average molecular weight is 401 g/mol. The monoisotopic (exact) mass is 400 g/mol. The van der Waals surface area contributed by atoms with Crippen molar-refractivity contribution in [1.82, 2.24) is 15.2 Å². The van der Waals surface area contributed by atoms with Crippen LogP contribution in [-0.2, 0) is 14.3 Å². The van der Waals surface area contributed by atoms with Gasteiger partial charge in [0.15, 0.2) is 0 Å². The fourth-order valence-electron chi connectivity index (χ4n) is 3.06. The number of esters is 1. The summed E-state index contributed by atoms with van der Waals surface area (Å²) in [4.78, 5) is 28.0. The predicted molar refractivity (Wildman–Crippen MR) is 109 cm³/mol. The molecular weight excluding hydrogens is 376 g/mol. The maximum atomic E-state index is 12.1. The Morgan fingerprint density at radius 1 is 1.29 bits per heavy atom. The second kappa shape index (κ2) is 10.1. The van der Waals surface area contributed by atoms with Crippen LogP contribution in [0.4, 0.5) is 5.69 Å². The van der Waals surface area contributed by atoms with E-state index in [1.807, 2.05) is 12.1 Å². The number of aromatic amines is 1. The zero-order valence-electron chi connectivity index (χ0n) is 15.8. The van der Waals surface area contributed by atoms with Crippen LogP contribution in [0.5, 0.6) is 0 Å². The molecule has 0 atom stereocenters. The number of H-pyrrole nitrogens is 1. The lowest BCUT2D eigenvalue weighted by molar-refractivity contribution is -0.137. The molecule has 1 saturated carbocycles. The minimum Gasteiger partial charge on any atom is -0.463 e. The number of ether oxygens (including phenoxy) is 1. The minimum atomic E-state index is -0.375. The third-order valence-corrected chi connectivity index (χ3v) is 5.30. The molecular formula is C20H24N4O3S. The summed E-state index contributed by atoms with van der Waals surface area (Å²) in [6.07, 6.45) is 7.85. The largest absolute Gasteiger partial charge is 0.463 e. The van der Waals surface area contributed by atoms with Crippen LogP contribution in [0, 0.1) is 0 Å². The molecule has 2 N–H and O–H groups in total. The molecule has 8 heteroatoms. The summed E-state index contributed by atoms with van der Waals surface area (Å²) < 4.78 is 4.84. The number of rotatable bonds is 8. The Labute approximate surface area is 168 Å². The predicted octanol–water partition coefficient (Wildman–Crippen LogP) is 3.77. The molecule has 1 amide bonds. The Balaban J connectivity index is 1.45. The van der Waals surface area contributed by atoms with Crippen molar-refractivity contribution >= 4 is 35.4 Å². The third kappa shape index (κ3) is 5.95.